The maximum absolute atomic E-state index is 13.5. The van der Waals surface area contributed by atoms with E-state index in [1.807, 2.05) is 0 Å². The van der Waals surface area contributed by atoms with E-state index >= 15 is 0 Å². The number of aromatic nitrogens is 3. The van der Waals surface area contributed by atoms with Crippen molar-refractivity contribution in [1.82, 2.24) is 14.5 Å². The second-order valence-electron chi connectivity index (χ2n) is 8.49. The minimum absolute atomic E-state index is 0.0213. The highest BCUT2D eigenvalue weighted by molar-refractivity contribution is 5.50. The summed E-state index contributed by atoms with van der Waals surface area (Å²) in [5, 5.41) is 0. The first kappa shape index (κ1) is 22.4. The summed E-state index contributed by atoms with van der Waals surface area (Å²) in [6, 6.07) is 9.51. The van der Waals surface area contributed by atoms with Crippen LogP contribution in [0.3, 0.4) is 0 Å². The number of benzene rings is 1. The number of hydrogen-bond donors (Lipinski definition) is 0. The molecule has 2 bridgehead atoms. The first-order valence-electron chi connectivity index (χ1n) is 10.6. The molecule has 1 aliphatic carbocycles. The summed E-state index contributed by atoms with van der Waals surface area (Å²) >= 11 is 0. The second kappa shape index (κ2) is 7.85. The molecular weight excluding hydrogens is 462 g/mol. The highest BCUT2D eigenvalue weighted by Gasteiger charge is 2.50. The Hall–Kier alpha value is -3.37. The number of halogens is 6. The van der Waals surface area contributed by atoms with Gasteiger partial charge in [-0.05, 0) is 49.4 Å². The molecule has 2 fully saturated rings. The maximum atomic E-state index is 13.5. The fraction of sp³-hybridized carbons (Fsp3) is 0.348. The van der Waals surface area contributed by atoms with E-state index < -0.39 is 41.0 Å². The molecule has 0 unspecified atom stereocenters. The lowest BCUT2D eigenvalue weighted by Crippen LogP contribution is -2.39. The van der Waals surface area contributed by atoms with Crippen LogP contribution >= 0.6 is 0 Å². The third kappa shape index (κ3) is 3.82. The fourth-order valence-electron chi connectivity index (χ4n) is 5.08. The standard InChI is InChI=1S/C23H18F6N4O/c24-22(25,26)14-11-17(23(27,28)29)31-18(12-14)32-16-7-6-13(10-16)20(32)21-30-9-8-19(34)33(21)15-4-2-1-3-5-15/h1-5,8-9,11-13,16,20H,6-7,10H2/t13-,16+,20-/m0/s1. The number of nitrogens with zero attached hydrogens (tertiary/aromatic N) is 4. The van der Waals surface area contributed by atoms with E-state index in [1.165, 1.54) is 21.7 Å². The molecule has 3 heterocycles. The molecule has 178 valence electrons. The minimum Gasteiger partial charge on any atom is -0.343 e. The van der Waals surface area contributed by atoms with Gasteiger partial charge in [-0.15, -0.1) is 0 Å². The summed E-state index contributed by atoms with van der Waals surface area (Å²) in [6.07, 6.45) is -6.85. The first-order valence-corrected chi connectivity index (χ1v) is 10.6. The van der Waals surface area contributed by atoms with Crippen LogP contribution in [0.4, 0.5) is 32.2 Å². The predicted octanol–water partition coefficient (Wildman–Crippen LogP) is 5.40. The molecule has 5 nitrogen and oxygen atoms in total. The van der Waals surface area contributed by atoms with Crippen molar-refractivity contribution in [3.05, 3.63) is 82.2 Å². The SMILES string of the molecule is O=c1ccnc([C@@H]2[C@H]3CC[C@H](C3)N2c2cc(C(F)(F)F)cc(C(F)(F)F)n2)n1-c1ccccc1. The van der Waals surface area contributed by atoms with Gasteiger partial charge >= 0.3 is 12.4 Å². The lowest BCUT2D eigenvalue weighted by Gasteiger charge is -2.37. The zero-order valence-electron chi connectivity index (χ0n) is 17.5. The van der Waals surface area contributed by atoms with Gasteiger partial charge in [0.05, 0.1) is 17.3 Å². The maximum Gasteiger partial charge on any atom is 0.433 e. The molecule has 1 saturated carbocycles. The summed E-state index contributed by atoms with van der Waals surface area (Å²) in [7, 11) is 0. The molecule has 3 atom stereocenters. The molecule has 34 heavy (non-hydrogen) atoms. The summed E-state index contributed by atoms with van der Waals surface area (Å²) in [5.41, 5.74) is -2.92. The summed E-state index contributed by atoms with van der Waals surface area (Å²) < 4.78 is 82.2. The average Bonchev–Trinajstić information content (AvgIpc) is 3.40. The zero-order valence-corrected chi connectivity index (χ0v) is 17.5. The Morgan fingerprint density at radius 3 is 2.32 bits per heavy atom. The van der Waals surface area contributed by atoms with Crippen molar-refractivity contribution in [2.75, 3.05) is 4.90 Å². The van der Waals surface area contributed by atoms with E-state index in [-0.39, 0.29) is 23.9 Å². The number of rotatable bonds is 3. The molecule has 0 amide bonds. The van der Waals surface area contributed by atoms with Gasteiger partial charge in [-0.25, -0.2) is 9.97 Å². The van der Waals surface area contributed by atoms with Crippen LogP contribution < -0.4 is 10.5 Å². The molecular formula is C23H18F6N4O. The second-order valence-corrected chi connectivity index (χ2v) is 8.49. The van der Waals surface area contributed by atoms with E-state index in [9.17, 15) is 31.1 Å². The Labute approximate surface area is 189 Å². The summed E-state index contributed by atoms with van der Waals surface area (Å²) in [5.74, 6) is -0.254. The number of hydrogen-bond acceptors (Lipinski definition) is 4. The van der Waals surface area contributed by atoms with Crippen LogP contribution in [0.1, 0.15) is 42.4 Å². The topological polar surface area (TPSA) is 51.0 Å². The highest BCUT2D eigenvalue weighted by Crippen LogP contribution is 2.52. The Balaban J connectivity index is 1.69. The molecule has 2 aromatic heterocycles. The van der Waals surface area contributed by atoms with E-state index in [2.05, 4.69) is 9.97 Å². The van der Waals surface area contributed by atoms with Gasteiger partial charge < -0.3 is 4.90 Å². The molecule has 0 radical (unpaired) electrons. The highest BCUT2D eigenvalue weighted by atomic mass is 19.4. The van der Waals surface area contributed by atoms with Crippen molar-refractivity contribution in [2.24, 2.45) is 5.92 Å². The third-order valence-electron chi connectivity index (χ3n) is 6.43. The number of fused-ring (bicyclic) bond motifs is 2. The van der Waals surface area contributed by atoms with Gasteiger partial charge in [-0.2, -0.15) is 26.3 Å². The molecule has 0 N–H and O–H groups in total. The van der Waals surface area contributed by atoms with E-state index in [1.54, 1.807) is 30.3 Å². The molecule has 5 rings (SSSR count). The molecule has 1 aromatic carbocycles. The van der Waals surface area contributed by atoms with Crippen LogP contribution in [0.5, 0.6) is 0 Å². The lowest BCUT2D eigenvalue weighted by atomic mass is 9.97. The van der Waals surface area contributed by atoms with Gasteiger partial charge in [0.15, 0.2) is 0 Å². The number of para-hydroxylation sites is 1. The minimum atomic E-state index is -5.05. The number of pyridine rings is 1. The Morgan fingerprint density at radius 2 is 1.65 bits per heavy atom. The van der Waals surface area contributed by atoms with Gasteiger partial charge in [0.25, 0.3) is 5.56 Å². The molecule has 2 aliphatic rings. The van der Waals surface area contributed by atoms with Crippen LogP contribution in [0.15, 0.2) is 59.5 Å². The van der Waals surface area contributed by atoms with Crippen LogP contribution in [0.2, 0.25) is 0 Å². The molecule has 3 aromatic rings. The van der Waals surface area contributed by atoms with Gasteiger partial charge in [-0.1, -0.05) is 18.2 Å². The van der Waals surface area contributed by atoms with E-state index in [4.69, 9.17) is 0 Å². The number of alkyl halides is 6. The average molecular weight is 480 g/mol. The Bertz CT molecular complexity index is 1240. The fourth-order valence-corrected chi connectivity index (χ4v) is 5.08. The third-order valence-corrected chi connectivity index (χ3v) is 6.43. The van der Waals surface area contributed by atoms with Crippen molar-refractivity contribution >= 4 is 5.82 Å². The zero-order chi connectivity index (χ0) is 24.3. The quantitative estimate of drug-likeness (QED) is 0.472. The Kier molecular flexibility index (Phi) is 5.18. The molecule has 0 spiro atoms. The van der Waals surface area contributed by atoms with Gasteiger partial charge in [-0.3, -0.25) is 9.36 Å². The number of piperidine rings is 1. The first-order chi connectivity index (χ1) is 16.0. The van der Waals surface area contributed by atoms with E-state index in [0.717, 1.165) is 6.42 Å². The van der Waals surface area contributed by atoms with Crippen molar-refractivity contribution in [2.45, 2.75) is 43.7 Å². The van der Waals surface area contributed by atoms with Crippen molar-refractivity contribution in [3.63, 3.8) is 0 Å². The molecule has 1 aliphatic heterocycles. The molecule has 1 saturated heterocycles. The number of anilines is 1. The monoisotopic (exact) mass is 480 g/mol. The van der Waals surface area contributed by atoms with Crippen molar-refractivity contribution in [3.8, 4) is 5.69 Å². The van der Waals surface area contributed by atoms with Gasteiger partial charge in [0.2, 0.25) is 0 Å². The van der Waals surface area contributed by atoms with Crippen LogP contribution in [0.25, 0.3) is 5.69 Å². The van der Waals surface area contributed by atoms with E-state index in [0.29, 0.717) is 24.6 Å². The van der Waals surface area contributed by atoms with Crippen LogP contribution in [0, 0.1) is 5.92 Å². The van der Waals surface area contributed by atoms with Crippen molar-refractivity contribution < 1.29 is 26.3 Å². The lowest BCUT2D eigenvalue weighted by molar-refractivity contribution is -0.145. The largest absolute Gasteiger partial charge is 0.433 e. The predicted molar refractivity (Wildman–Crippen MR) is 110 cm³/mol. The van der Waals surface area contributed by atoms with Crippen LogP contribution in [-0.4, -0.2) is 20.6 Å². The van der Waals surface area contributed by atoms with Crippen LogP contribution in [-0.2, 0) is 12.4 Å². The van der Waals surface area contributed by atoms with Gasteiger partial charge in [0.1, 0.15) is 17.3 Å². The van der Waals surface area contributed by atoms with Gasteiger partial charge in [0, 0.05) is 18.3 Å². The normalized spacial score (nSPS) is 22.4. The Morgan fingerprint density at radius 1 is 0.912 bits per heavy atom. The van der Waals surface area contributed by atoms with Crippen molar-refractivity contribution in [1.29, 1.82) is 0 Å². The summed E-state index contributed by atoms with van der Waals surface area (Å²) in [6.45, 7) is 0. The summed E-state index contributed by atoms with van der Waals surface area (Å²) in [4.78, 5) is 22.3. The smallest absolute Gasteiger partial charge is 0.343 e. The molecule has 11 heteroatoms.